The predicted octanol–water partition coefficient (Wildman–Crippen LogP) is 14.3. The van der Waals surface area contributed by atoms with Gasteiger partial charge in [0.05, 0.1) is 26.4 Å². The molecule has 8 rings (SSSR count). The average Bonchev–Trinajstić information content (AvgIpc) is 3.32. The molecule has 0 N–H and O–H groups in total. The molecule has 6 aromatic carbocycles. The Morgan fingerprint density at radius 2 is 0.661 bits per heavy atom. The number of rotatable bonds is 20. The van der Waals surface area contributed by atoms with Gasteiger partial charge in [-0.1, -0.05) is 114 Å². The number of benzene rings is 6. The molecular weight excluding hydrogens is 769 g/mol. The molecule has 2 aliphatic heterocycles. The van der Waals surface area contributed by atoms with Crippen molar-refractivity contribution in [3.63, 3.8) is 0 Å². The topological polar surface area (TPSA) is 55.4 Å². The van der Waals surface area contributed by atoms with Gasteiger partial charge in [-0.3, -0.25) is 0 Å². The lowest BCUT2D eigenvalue weighted by atomic mass is 9.81. The van der Waals surface area contributed by atoms with E-state index in [-0.39, 0.29) is 0 Å². The van der Waals surface area contributed by atoms with E-state index in [4.69, 9.17) is 28.4 Å². The maximum atomic E-state index is 7.28. The van der Waals surface area contributed by atoms with Crippen molar-refractivity contribution in [3.05, 3.63) is 167 Å². The fourth-order valence-corrected chi connectivity index (χ4v) is 8.25. The molecule has 0 aliphatic carbocycles. The molecule has 6 nitrogen and oxygen atoms in total. The second-order valence-electron chi connectivity index (χ2n) is 16.3. The highest BCUT2D eigenvalue weighted by Crippen LogP contribution is 2.49. The number of ether oxygens (including phenoxy) is 6. The number of hydrogen-bond acceptors (Lipinski definition) is 6. The van der Waals surface area contributed by atoms with Crippen LogP contribution < -0.4 is 28.4 Å². The van der Waals surface area contributed by atoms with Crippen LogP contribution in [0, 0.1) is 0 Å². The Bertz CT molecular complexity index is 2170. The predicted molar refractivity (Wildman–Crippen MR) is 252 cm³/mol. The van der Waals surface area contributed by atoms with E-state index in [1.165, 1.54) is 0 Å². The normalized spacial score (nSPS) is 14.3. The maximum Gasteiger partial charge on any atom is 0.178 e. The van der Waals surface area contributed by atoms with E-state index in [1.54, 1.807) is 0 Å². The largest absolute Gasteiger partial charge is 0.494 e. The zero-order valence-corrected chi connectivity index (χ0v) is 36.8. The molecule has 6 aromatic rings. The van der Waals surface area contributed by atoms with Crippen molar-refractivity contribution in [1.82, 2.24) is 0 Å². The van der Waals surface area contributed by atoms with Gasteiger partial charge < -0.3 is 28.4 Å². The third-order valence-electron chi connectivity index (χ3n) is 11.9. The fraction of sp³-hybridized carbons (Fsp3) is 0.321. The standard InChI is InChI=1S/C56H60O6/c1-5-9-37-57-46-23-15-42(16-24-46)55(43-17-25-47(26-18-43)58-38-10-6-2)35-33-50-52(61-55)31-13-41-14-32-53-51(54(41)50)34-36-56(62-53,44-19-27-48(28-20-44)59-39-11-7-3)45-21-29-49(30-22-45)60-40-12-8-4/h13-36H,5-12,37-40H2,1-4H3. The van der Waals surface area contributed by atoms with Gasteiger partial charge in [0.15, 0.2) is 11.2 Å². The molecule has 320 valence electrons. The first-order valence-electron chi connectivity index (χ1n) is 22.8. The summed E-state index contributed by atoms with van der Waals surface area (Å²) in [6.07, 6.45) is 17.3. The molecule has 6 heteroatoms. The Labute approximate surface area is 368 Å². The van der Waals surface area contributed by atoms with Crippen LogP contribution in [-0.2, 0) is 11.2 Å². The molecule has 62 heavy (non-hydrogen) atoms. The summed E-state index contributed by atoms with van der Waals surface area (Å²) in [6, 6.07) is 41.8. The van der Waals surface area contributed by atoms with Crippen molar-refractivity contribution in [2.75, 3.05) is 26.4 Å². The highest BCUT2D eigenvalue weighted by molar-refractivity contribution is 6.02. The minimum atomic E-state index is -0.889. The minimum absolute atomic E-state index is 0.696. The molecule has 0 atom stereocenters. The molecule has 0 radical (unpaired) electrons. The summed E-state index contributed by atoms with van der Waals surface area (Å²) in [5.41, 5.74) is 4.28. The van der Waals surface area contributed by atoms with Crippen molar-refractivity contribution in [2.24, 2.45) is 0 Å². The van der Waals surface area contributed by atoms with Crippen LogP contribution in [0.3, 0.4) is 0 Å². The van der Waals surface area contributed by atoms with Gasteiger partial charge in [-0.15, -0.1) is 0 Å². The monoisotopic (exact) mass is 828 g/mol. The van der Waals surface area contributed by atoms with Gasteiger partial charge in [-0.25, -0.2) is 0 Å². The lowest BCUT2D eigenvalue weighted by Crippen LogP contribution is -2.35. The van der Waals surface area contributed by atoms with Crippen LogP contribution in [0.5, 0.6) is 34.5 Å². The Morgan fingerprint density at radius 1 is 0.371 bits per heavy atom. The van der Waals surface area contributed by atoms with Crippen molar-refractivity contribution in [1.29, 1.82) is 0 Å². The van der Waals surface area contributed by atoms with Gasteiger partial charge in [0.1, 0.15) is 34.5 Å². The van der Waals surface area contributed by atoms with E-state index in [0.29, 0.717) is 26.4 Å². The highest BCUT2D eigenvalue weighted by Gasteiger charge is 2.40. The molecule has 0 spiro atoms. The van der Waals surface area contributed by atoms with Gasteiger partial charge in [-0.2, -0.15) is 0 Å². The summed E-state index contributed by atoms with van der Waals surface area (Å²) in [7, 11) is 0. The average molecular weight is 829 g/mol. The molecule has 2 heterocycles. The first kappa shape index (κ1) is 42.5. The maximum absolute atomic E-state index is 7.28. The van der Waals surface area contributed by atoms with Gasteiger partial charge in [0, 0.05) is 38.8 Å². The van der Waals surface area contributed by atoms with E-state index < -0.39 is 11.2 Å². The third kappa shape index (κ3) is 8.92. The third-order valence-corrected chi connectivity index (χ3v) is 11.9. The Kier molecular flexibility index (Phi) is 13.5. The smallest absolute Gasteiger partial charge is 0.178 e. The zero-order valence-electron chi connectivity index (χ0n) is 36.8. The van der Waals surface area contributed by atoms with Crippen LogP contribution in [0.15, 0.2) is 133 Å². The van der Waals surface area contributed by atoms with Crippen LogP contribution in [0.1, 0.15) is 112 Å². The van der Waals surface area contributed by atoms with E-state index >= 15 is 0 Å². The summed E-state index contributed by atoms with van der Waals surface area (Å²) in [4.78, 5) is 0. The number of fused-ring (bicyclic) bond motifs is 5. The second-order valence-corrected chi connectivity index (χ2v) is 16.3. The molecule has 0 bridgehead atoms. The SMILES string of the molecule is CCCCOc1ccc(C2(c3ccc(OCCCC)cc3)C=Cc3c(ccc4ccc5c(c34)C=CC(c3ccc(OCCCC)cc3)(c3ccc(OCCCC)cc3)O5)O2)cc1. The molecule has 0 aromatic heterocycles. The van der Waals surface area contributed by atoms with Gasteiger partial charge in [0.25, 0.3) is 0 Å². The first-order valence-corrected chi connectivity index (χ1v) is 22.8. The van der Waals surface area contributed by atoms with E-state index in [9.17, 15) is 0 Å². The van der Waals surface area contributed by atoms with Crippen molar-refractivity contribution in [3.8, 4) is 34.5 Å². The molecule has 0 saturated heterocycles. The quantitative estimate of drug-likeness (QED) is 0.0715. The number of hydrogen-bond donors (Lipinski definition) is 0. The Hall–Kier alpha value is -6.14. The van der Waals surface area contributed by atoms with Crippen LogP contribution >= 0.6 is 0 Å². The van der Waals surface area contributed by atoms with Gasteiger partial charge >= 0.3 is 0 Å². The van der Waals surface area contributed by atoms with Gasteiger partial charge in [-0.05, 0) is 116 Å². The van der Waals surface area contributed by atoms with E-state index in [0.717, 1.165) is 130 Å². The fourth-order valence-electron chi connectivity index (χ4n) is 8.25. The van der Waals surface area contributed by atoms with Crippen LogP contribution in [0.25, 0.3) is 22.9 Å². The summed E-state index contributed by atoms with van der Waals surface area (Å²) in [5, 5.41) is 2.18. The van der Waals surface area contributed by atoms with Crippen LogP contribution in [0.4, 0.5) is 0 Å². The van der Waals surface area contributed by atoms with E-state index in [1.807, 2.05) is 48.5 Å². The van der Waals surface area contributed by atoms with E-state index in [2.05, 4.69) is 125 Å². The molecule has 0 unspecified atom stereocenters. The van der Waals surface area contributed by atoms with Crippen LogP contribution in [-0.4, -0.2) is 26.4 Å². The zero-order chi connectivity index (χ0) is 42.8. The molecule has 0 saturated carbocycles. The Balaban J connectivity index is 1.18. The van der Waals surface area contributed by atoms with Crippen molar-refractivity contribution in [2.45, 2.75) is 90.3 Å². The van der Waals surface area contributed by atoms with Crippen molar-refractivity contribution >= 4 is 22.9 Å². The first-order chi connectivity index (χ1) is 30.5. The Morgan fingerprint density at radius 3 is 0.935 bits per heavy atom. The summed E-state index contributed by atoms with van der Waals surface area (Å²) < 4.78 is 38.8. The van der Waals surface area contributed by atoms with Gasteiger partial charge in [0.2, 0.25) is 0 Å². The molecular formula is C56H60O6. The summed E-state index contributed by atoms with van der Waals surface area (Å²) in [6.45, 7) is 11.5. The highest BCUT2D eigenvalue weighted by atomic mass is 16.5. The van der Waals surface area contributed by atoms with Crippen LogP contribution in [0.2, 0.25) is 0 Å². The lowest BCUT2D eigenvalue weighted by Gasteiger charge is -2.38. The second kappa shape index (κ2) is 19.7. The summed E-state index contributed by atoms with van der Waals surface area (Å²) in [5.74, 6) is 5.00. The minimum Gasteiger partial charge on any atom is -0.494 e. The molecule has 0 amide bonds. The lowest BCUT2D eigenvalue weighted by molar-refractivity contribution is 0.160. The van der Waals surface area contributed by atoms with Crippen molar-refractivity contribution < 1.29 is 28.4 Å². The summed E-state index contributed by atoms with van der Waals surface area (Å²) >= 11 is 0. The molecule has 0 fully saturated rings. The molecule has 2 aliphatic rings. The number of unbranched alkanes of at least 4 members (excludes halogenated alkanes) is 4.